The second-order valence-electron chi connectivity index (χ2n) is 9.65. The molecule has 3 aromatic heterocycles. The Bertz CT molecular complexity index is 1790. The molecule has 10 nitrogen and oxygen atoms in total. The van der Waals surface area contributed by atoms with Gasteiger partial charge in [-0.1, -0.05) is 57.4 Å². The van der Waals surface area contributed by atoms with Crippen molar-refractivity contribution in [3.05, 3.63) is 99.4 Å². The summed E-state index contributed by atoms with van der Waals surface area (Å²) in [6, 6.07) is 15.9. The van der Waals surface area contributed by atoms with Gasteiger partial charge in [0, 0.05) is 43.0 Å². The summed E-state index contributed by atoms with van der Waals surface area (Å²) in [5.74, 6) is 0.402. The predicted molar refractivity (Wildman–Crippen MR) is 164 cm³/mol. The van der Waals surface area contributed by atoms with E-state index in [2.05, 4.69) is 37.6 Å². The van der Waals surface area contributed by atoms with Crippen LogP contribution in [-0.4, -0.2) is 62.3 Å². The molecule has 5 aromatic rings. The van der Waals surface area contributed by atoms with Crippen LogP contribution in [0.1, 0.15) is 12.1 Å². The number of aliphatic hydroxyl groups excluding tert-OH is 1. The van der Waals surface area contributed by atoms with Crippen LogP contribution in [0.2, 0.25) is 10.0 Å². The second kappa shape index (κ2) is 15.5. The van der Waals surface area contributed by atoms with Gasteiger partial charge in [0.05, 0.1) is 31.7 Å². The maximum Gasteiger partial charge on any atom is 2.00 e. The largest absolute Gasteiger partial charge is 2.00 e. The summed E-state index contributed by atoms with van der Waals surface area (Å²) in [4.78, 5) is 24.3. The zero-order valence-electron chi connectivity index (χ0n) is 23.8. The number of nitrogens with one attached hydrogen (secondary N) is 1. The molecule has 0 aliphatic carbocycles. The number of aliphatic hydroxyl groups is 1. The number of rotatable bonds is 6. The number of aromatic nitrogens is 5. The molecule has 2 N–H and O–H groups in total. The Morgan fingerprint density at radius 3 is 2.73 bits per heavy atom. The van der Waals surface area contributed by atoms with E-state index in [4.69, 9.17) is 32.7 Å². The van der Waals surface area contributed by atoms with Crippen molar-refractivity contribution in [1.82, 2.24) is 30.0 Å². The van der Waals surface area contributed by atoms with E-state index in [1.165, 1.54) is 4.68 Å². The molecule has 0 bridgehead atoms. The van der Waals surface area contributed by atoms with Gasteiger partial charge in [0.2, 0.25) is 5.88 Å². The first kappa shape index (κ1) is 33.5. The standard InChI is InChI=1S/C23H22Cl2N3O3.C8H6N3O.Mn/c1-30-23-20(12-26-18-9-10-31-13-21(18)29)27-11-19(28-23)16-7-4-6-15(22(16)25)14-5-2-3-8-17(14)24;1-11-8(12)7-5-9-3-2-6(7)4-10-11;/h2-7,11,18,21,26,29H,9-10,12-13H2,1H3;2-4H,1H3;/q2*-1;+2/t18-,21-;;/m0../s1. The molecular formula is C31H28Cl2MnN6O4. The molecule has 1 radical (unpaired) electrons. The van der Waals surface area contributed by atoms with Crippen LogP contribution in [0.3, 0.4) is 0 Å². The molecule has 0 amide bonds. The van der Waals surface area contributed by atoms with E-state index < -0.39 is 6.10 Å². The number of methoxy groups -OCH3 is 1. The van der Waals surface area contributed by atoms with E-state index in [1.54, 1.807) is 44.9 Å². The number of aryl methyl sites for hydroxylation is 1. The van der Waals surface area contributed by atoms with Crippen LogP contribution in [0.5, 0.6) is 5.88 Å². The van der Waals surface area contributed by atoms with Gasteiger partial charge in [0.1, 0.15) is 5.69 Å². The van der Waals surface area contributed by atoms with E-state index in [1.807, 2.05) is 30.3 Å². The van der Waals surface area contributed by atoms with Gasteiger partial charge in [-0.25, -0.2) is 4.98 Å². The summed E-state index contributed by atoms with van der Waals surface area (Å²) in [7, 11) is 3.15. The summed E-state index contributed by atoms with van der Waals surface area (Å²) >= 11 is 13.0. The van der Waals surface area contributed by atoms with E-state index in [-0.39, 0.29) is 28.7 Å². The van der Waals surface area contributed by atoms with Gasteiger partial charge in [-0.15, -0.1) is 23.2 Å². The number of ether oxygens (including phenoxy) is 2. The Morgan fingerprint density at radius 1 is 1.16 bits per heavy atom. The number of benzene rings is 2. The van der Waals surface area contributed by atoms with Gasteiger partial charge < -0.3 is 29.7 Å². The van der Waals surface area contributed by atoms with Crippen molar-refractivity contribution in [2.75, 3.05) is 20.3 Å². The minimum Gasteiger partial charge on any atom is -0.480 e. The fourth-order valence-electron chi connectivity index (χ4n) is 4.57. The van der Waals surface area contributed by atoms with Crippen molar-refractivity contribution in [3.63, 3.8) is 0 Å². The molecule has 4 heterocycles. The third-order valence-electron chi connectivity index (χ3n) is 6.90. The number of hydrogen-bond acceptors (Lipinski definition) is 9. The smallest absolute Gasteiger partial charge is 0.480 e. The molecule has 13 heteroatoms. The number of fused-ring (bicyclic) bond motifs is 1. The van der Waals surface area contributed by atoms with E-state index >= 15 is 0 Å². The van der Waals surface area contributed by atoms with Crippen LogP contribution in [-0.2, 0) is 35.4 Å². The minimum atomic E-state index is -0.546. The molecule has 1 saturated heterocycles. The molecule has 1 aliphatic rings. The van der Waals surface area contributed by atoms with E-state index in [9.17, 15) is 9.90 Å². The predicted octanol–water partition coefficient (Wildman–Crippen LogP) is 4.29. The van der Waals surface area contributed by atoms with Crippen molar-refractivity contribution in [3.8, 4) is 28.3 Å². The molecule has 2 atom stereocenters. The summed E-state index contributed by atoms with van der Waals surface area (Å²) in [6.45, 7) is 1.37. The average molecular weight is 674 g/mol. The molecule has 227 valence electrons. The van der Waals surface area contributed by atoms with E-state index in [0.29, 0.717) is 52.5 Å². The van der Waals surface area contributed by atoms with Crippen LogP contribution < -0.4 is 15.6 Å². The van der Waals surface area contributed by atoms with Crippen molar-refractivity contribution in [2.24, 2.45) is 7.05 Å². The van der Waals surface area contributed by atoms with Gasteiger partial charge in [-0.2, -0.15) is 29.4 Å². The Labute approximate surface area is 274 Å². The number of hydrogen-bond donors (Lipinski definition) is 2. The quantitative estimate of drug-likeness (QED) is 0.201. The first-order valence-electron chi connectivity index (χ1n) is 13.4. The van der Waals surface area contributed by atoms with Gasteiger partial charge in [0.25, 0.3) is 0 Å². The summed E-state index contributed by atoms with van der Waals surface area (Å²) < 4.78 is 12.0. The van der Waals surface area contributed by atoms with Gasteiger partial charge in [0.15, 0.2) is 5.56 Å². The van der Waals surface area contributed by atoms with Gasteiger partial charge in [-0.05, 0) is 12.6 Å². The molecule has 1 fully saturated rings. The Hall–Kier alpha value is -3.41. The maximum atomic E-state index is 11.4. The second-order valence-corrected chi connectivity index (χ2v) is 10.4. The molecular weight excluding hydrogens is 646 g/mol. The minimum absolute atomic E-state index is 0. The van der Waals surface area contributed by atoms with Crippen molar-refractivity contribution < 1.29 is 31.6 Å². The van der Waals surface area contributed by atoms with Crippen molar-refractivity contribution in [2.45, 2.75) is 25.1 Å². The third kappa shape index (κ3) is 7.62. The Balaban J connectivity index is 0.000000284. The number of nitrogens with zero attached hydrogens (tertiary/aromatic N) is 5. The zero-order valence-corrected chi connectivity index (χ0v) is 26.5. The Kier molecular flexibility index (Phi) is 11.8. The summed E-state index contributed by atoms with van der Waals surface area (Å²) in [5, 5.41) is 19.5. The van der Waals surface area contributed by atoms with Crippen LogP contribution >= 0.6 is 23.2 Å². The fourth-order valence-corrected chi connectivity index (χ4v) is 5.12. The molecule has 1 aliphatic heterocycles. The van der Waals surface area contributed by atoms with Crippen molar-refractivity contribution in [1.29, 1.82) is 0 Å². The fraction of sp³-hybridized carbons (Fsp3) is 0.258. The van der Waals surface area contributed by atoms with E-state index in [0.717, 1.165) is 28.5 Å². The van der Waals surface area contributed by atoms with Crippen LogP contribution in [0, 0.1) is 12.3 Å². The summed E-state index contributed by atoms with van der Waals surface area (Å²) in [5.41, 5.74) is 3.39. The molecule has 6 rings (SSSR count). The third-order valence-corrected chi connectivity index (χ3v) is 7.62. The topological polar surface area (TPSA) is 124 Å². The number of pyridine rings is 1. The molecule has 0 unspecified atom stereocenters. The molecule has 0 saturated carbocycles. The normalized spacial score (nSPS) is 16.0. The SMILES string of the molecule is COc1nc(-c2cccc(-c3ccc[c-]c3Cl)c2Cl)cnc1CN[C@H]1CCOC[C@@H]1O.Cn1ncc2ccn[c-]c2c1=O.[Mn+2]. The average Bonchev–Trinajstić information content (AvgIpc) is 3.03. The molecule has 0 spiro atoms. The Morgan fingerprint density at radius 2 is 1.95 bits per heavy atom. The van der Waals surface area contributed by atoms with Gasteiger partial charge in [-0.3, -0.25) is 9.67 Å². The van der Waals surface area contributed by atoms with Crippen LogP contribution in [0.25, 0.3) is 33.2 Å². The summed E-state index contributed by atoms with van der Waals surface area (Å²) in [6.07, 6.45) is 7.70. The van der Waals surface area contributed by atoms with Crippen molar-refractivity contribution >= 4 is 34.0 Å². The first-order valence-corrected chi connectivity index (χ1v) is 14.2. The molecule has 44 heavy (non-hydrogen) atoms. The molecule has 2 aromatic carbocycles. The van der Waals surface area contributed by atoms with Crippen LogP contribution in [0.4, 0.5) is 0 Å². The maximum absolute atomic E-state index is 11.4. The zero-order chi connectivity index (χ0) is 30.3. The van der Waals surface area contributed by atoms with Crippen LogP contribution in [0.15, 0.2) is 65.8 Å². The van der Waals surface area contributed by atoms with Gasteiger partial charge >= 0.3 is 17.1 Å². The monoisotopic (exact) mass is 673 g/mol. The first-order chi connectivity index (χ1) is 20.9. The number of halogens is 2.